The summed E-state index contributed by atoms with van der Waals surface area (Å²) in [7, 11) is 0. The van der Waals surface area contributed by atoms with Crippen molar-refractivity contribution in [2.24, 2.45) is 5.73 Å². The van der Waals surface area contributed by atoms with Gasteiger partial charge in [0.15, 0.2) is 5.11 Å². The molecule has 0 unspecified atom stereocenters. The van der Waals surface area contributed by atoms with Crippen LogP contribution in [0.3, 0.4) is 0 Å². The number of hydrogen-bond acceptors (Lipinski definition) is 1. The Kier molecular flexibility index (Phi) is 9.05. The quantitative estimate of drug-likeness (QED) is 0.500. The van der Waals surface area contributed by atoms with Crippen LogP contribution < -0.4 is 5.73 Å². The first kappa shape index (κ1) is 13.7. The molecule has 0 saturated heterocycles. The highest BCUT2D eigenvalue weighted by Crippen LogP contribution is 2.02. The minimum absolute atomic E-state index is 0.567. The van der Waals surface area contributed by atoms with E-state index >= 15 is 0 Å². The van der Waals surface area contributed by atoms with Gasteiger partial charge in [-0.1, -0.05) is 39.5 Å². The number of unbranched alkanes of at least 4 members (excludes halogenated alkanes) is 4. The van der Waals surface area contributed by atoms with Crippen LogP contribution in [0.15, 0.2) is 0 Å². The number of hydrogen-bond donors (Lipinski definition) is 1. The van der Waals surface area contributed by atoms with Gasteiger partial charge < -0.3 is 10.6 Å². The Labute approximate surface area is 93.8 Å². The predicted molar refractivity (Wildman–Crippen MR) is 67.4 cm³/mol. The van der Waals surface area contributed by atoms with Crippen LogP contribution in [0.4, 0.5) is 0 Å². The maximum atomic E-state index is 5.66. The van der Waals surface area contributed by atoms with Gasteiger partial charge in [-0.05, 0) is 25.1 Å². The molecule has 0 radical (unpaired) electrons. The minimum Gasteiger partial charge on any atom is -0.376 e. The average molecular weight is 216 g/mol. The highest BCUT2D eigenvalue weighted by atomic mass is 32.1. The lowest BCUT2D eigenvalue weighted by atomic mass is 10.2. The Morgan fingerprint density at radius 2 is 1.43 bits per heavy atom. The highest BCUT2D eigenvalue weighted by Gasteiger charge is 2.04. The molecule has 14 heavy (non-hydrogen) atoms. The number of nitrogens with zero attached hydrogens (tertiary/aromatic N) is 1. The molecule has 0 aromatic heterocycles. The number of thiocarbonyl (C=S) groups is 1. The van der Waals surface area contributed by atoms with E-state index in [4.69, 9.17) is 18.0 Å². The maximum absolute atomic E-state index is 5.66. The van der Waals surface area contributed by atoms with Gasteiger partial charge in [0.1, 0.15) is 0 Å². The van der Waals surface area contributed by atoms with Crippen LogP contribution in [0.5, 0.6) is 0 Å². The van der Waals surface area contributed by atoms with Gasteiger partial charge >= 0.3 is 0 Å². The molecule has 0 spiro atoms. The predicted octanol–water partition coefficient (Wildman–Crippen LogP) is 2.91. The first-order valence-electron chi connectivity index (χ1n) is 5.76. The normalized spacial score (nSPS) is 10.1. The molecule has 0 aromatic carbocycles. The van der Waals surface area contributed by atoms with E-state index in [9.17, 15) is 0 Å². The van der Waals surface area contributed by atoms with E-state index in [0.29, 0.717) is 5.11 Å². The number of nitrogens with two attached hydrogens (primary N) is 1. The molecule has 0 amide bonds. The summed E-state index contributed by atoms with van der Waals surface area (Å²) in [5.74, 6) is 0. The summed E-state index contributed by atoms with van der Waals surface area (Å²) in [4.78, 5) is 2.14. The molecular formula is C11H24N2S. The van der Waals surface area contributed by atoms with Gasteiger partial charge in [0.25, 0.3) is 0 Å². The third-order valence-electron chi connectivity index (χ3n) is 2.37. The van der Waals surface area contributed by atoms with Crippen molar-refractivity contribution in [1.82, 2.24) is 4.90 Å². The second-order valence-electron chi connectivity index (χ2n) is 3.74. The van der Waals surface area contributed by atoms with E-state index in [1.165, 1.54) is 38.5 Å². The zero-order chi connectivity index (χ0) is 10.8. The van der Waals surface area contributed by atoms with Crippen LogP contribution in [0.25, 0.3) is 0 Å². The molecule has 3 heteroatoms. The highest BCUT2D eigenvalue weighted by molar-refractivity contribution is 7.80. The lowest BCUT2D eigenvalue weighted by Crippen LogP contribution is -2.36. The largest absolute Gasteiger partial charge is 0.376 e. The van der Waals surface area contributed by atoms with Crippen LogP contribution in [-0.2, 0) is 0 Å². The van der Waals surface area contributed by atoms with Crippen molar-refractivity contribution in [2.45, 2.75) is 52.4 Å². The summed E-state index contributed by atoms with van der Waals surface area (Å²) in [6.45, 7) is 6.49. The maximum Gasteiger partial charge on any atom is 0.166 e. The summed E-state index contributed by atoms with van der Waals surface area (Å²) in [6, 6.07) is 0. The van der Waals surface area contributed by atoms with Crippen molar-refractivity contribution < 1.29 is 0 Å². The molecule has 0 aromatic rings. The second-order valence-corrected chi connectivity index (χ2v) is 4.16. The molecule has 2 N–H and O–H groups in total. The second kappa shape index (κ2) is 9.25. The van der Waals surface area contributed by atoms with Gasteiger partial charge in [0.05, 0.1) is 0 Å². The van der Waals surface area contributed by atoms with Gasteiger partial charge in [0, 0.05) is 13.1 Å². The van der Waals surface area contributed by atoms with Crippen LogP contribution in [0.2, 0.25) is 0 Å². The van der Waals surface area contributed by atoms with Crippen molar-refractivity contribution in [3.05, 3.63) is 0 Å². The lowest BCUT2D eigenvalue weighted by molar-refractivity contribution is 0.393. The first-order valence-corrected chi connectivity index (χ1v) is 6.17. The van der Waals surface area contributed by atoms with E-state index < -0.39 is 0 Å². The summed E-state index contributed by atoms with van der Waals surface area (Å²) in [5, 5.41) is 0.567. The van der Waals surface area contributed by atoms with E-state index in [1.807, 2.05) is 0 Å². The molecular weight excluding hydrogens is 192 g/mol. The van der Waals surface area contributed by atoms with Crippen molar-refractivity contribution in [1.29, 1.82) is 0 Å². The zero-order valence-corrected chi connectivity index (χ0v) is 10.4. The van der Waals surface area contributed by atoms with E-state index in [1.54, 1.807) is 0 Å². The molecule has 0 fully saturated rings. The summed E-state index contributed by atoms with van der Waals surface area (Å²) < 4.78 is 0. The van der Waals surface area contributed by atoms with E-state index in [2.05, 4.69) is 18.7 Å². The van der Waals surface area contributed by atoms with Crippen LogP contribution in [-0.4, -0.2) is 23.1 Å². The average Bonchev–Trinajstić information content (AvgIpc) is 2.15. The van der Waals surface area contributed by atoms with Gasteiger partial charge in [0.2, 0.25) is 0 Å². The minimum atomic E-state index is 0.567. The van der Waals surface area contributed by atoms with Gasteiger partial charge in [-0.3, -0.25) is 0 Å². The lowest BCUT2D eigenvalue weighted by Gasteiger charge is -2.22. The number of rotatable bonds is 8. The van der Waals surface area contributed by atoms with Crippen molar-refractivity contribution in [3.63, 3.8) is 0 Å². The van der Waals surface area contributed by atoms with E-state index in [-0.39, 0.29) is 0 Å². The molecule has 0 heterocycles. The van der Waals surface area contributed by atoms with Crippen molar-refractivity contribution in [2.75, 3.05) is 13.1 Å². The SMILES string of the molecule is CCCCCN(CCCCC)C(N)=S. The Morgan fingerprint density at radius 3 is 1.71 bits per heavy atom. The van der Waals surface area contributed by atoms with Crippen LogP contribution in [0.1, 0.15) is 52.4 Å². The van der Waals surface area contributed by atoms with E-state index in [0.717, 1.165) is 13.1 Å². The molecule has 2 nitrogen and oxygen atoms in total. The Morgan fingerprint density at radius 1 is 1.00 bits per heavy atom. The van der Waals surface area contributed by atoms with Crippen LogP contribution in [0, 0.1) is 0 Å². The fourth-order valence-electron chi connectivity index (χ4n) is 1.44. The van der Waals surface area contributed by atoms with Gasteiger partial charge in [-0.15, -0.1) is 0 Å². The zero-order valence-electron chi connectivity index (χ0n) is 9.59. The van der Waals surface area contributed by atoms with Crippen LogP contribution >= 0.6 is 12.2 Å². The summed E-state index contributed by atoms with van der Waals surface area (Å²) >= 11 is 5.02. The molecule has 0 saturated carbocycles. The topological polar surface area (TPSA) is 29.3 Å². The third kappa shape index (κ3) is 7.13. The van der Waals surface area contributed by atoms with Crippen molar-refractivity contribution >= 4 is 17.3 Å². The smallest absolute Gasteiger partial charge is 0.166 e. The molecule has 0 aliphatic heterocycles. The fraction of sp³-hybridized carbons (Fsp3) is 0.909. The standard InChI is InChI=1S/C11H24N2S/c1-3-5-7-9-13(11(12)14)10-8-6-4-2/h3-10H2,1-2H3,(H2,12,14). The third-order valence-corrected chi connectivity index (χ3v) is 2.63. The van der Waals surface area contributed by atoms with Gasteiger partial charge in [-0.25, -0.2) is 0 Å². The molecule has 0 aliphatic rings. The van der Waals surface area contributed by atoms with Crippen molar-refractivity contribution in [3.8, 4) is 0 Å². The fourth-order valence-corrected chi connectivity index (χ4v) is 1.62. The Hall–Kier alpha value is -0.310. The summed E-state index contributed by atoms with van der Waals surface area (Å²) in [5.41, 5.74) is 5.66. The summed E-state index contributed by atoms with van der Waals surface area (Å²) in [6.07, 6.45) is 7.46. The monoisotopic (exact) mass is 216 g/mol. The molecule has 0 aliphatic carbocycles. The molecule has 0 rings (SSSR count). The Balaban J connectivity index is 3.61. The molecule has 0 bridgehead atoms. The molecule has 0 atom stereocenters. The molecule has 84 valence electrons. The first-order chi connectivity index (χ1) is 6.72. The van der Waals surface area contributed by atoms with Gasteiger partial charge in [-0.2, -0.15) is 0 Å². The Bertz CT molecular complexity index is 138.